The SMILES string of the molecule is CC(=O)N[C@@H](CSCC(=O)NCCOCCOCC(=O)Nc1ccc2[nH]c(=O)n(C3CCN(Cc4ccc(-c5nc6cc[nH]c(=O)c6cc5-c5ccccc5)cc4)CC3)c2c1)C(=O)N[C@@H](CCCN=C(N)N)C(=O)N[C@H](C(=O)N[C@@H](CO)C(=O)N(C)[C@@H](Cc1ccccc1)C(=O)O)C(C)C. The summed E-state index contributed by atoms with van der Waals surface area (Å²) in [4.78, 5) is 150. The lowest BCUT2D eigenvalue weighted by molar-refractivity contribution is -0.150. The summed E-state index contributed by atoms with van der Waals surface area (Å²) in [6.07, 6.45) is 3.14. The summed E-state index contributed by atoms with van der Waals surface area (Å²) >= 11 is 1.03. The van der Waals surface area contributed by atoms with Crippen molar-refractivity contribution in [1.82, 2.24) is 55.9 Å². The van der Waals surface area contributed by atoms with E-state index in [0.717, 1.165) is 77.1 Å². The van der Waals surface area contributed by atoms with Crippen molar-refractivity contribution < 1.29 is 58.0 Å². The van der Waals surface area contributed by atoms with Gasteiger partial charge in [-0.25, -0.2) is 14.6 Å². The van der Waals surface area contributed by atoms with Crippen LogP contribution in [0.3, 0.4) is 0 Å². The quantitative estimate of drug-likeness (QED) is 0.0152. The maximum Gasteiger partial charge on any atom is 0.326 e. The van der Waals surface area contributed by atoms with Crippen molar-refractivity contribution in [2.45, 2.75) is 95.7 Å². The van der Waals surface area contributed by atoms with Gasteiger partial charge in [-0.1, -0.05) is 98.8 Å². The Balaban J connectivity index is 0.736. The first kappa shape index (κ1) is 75.5. The molecule has 0 unspecified atom stereocenters. The van der Waals surface area contributed by atoms with Gasteiger partial charge in [0.2, 0.25) is 41.4 Å². The van der Waals surface area contributed by atoms with Crippen molar-refractivity contribution in [2.24, 2.45) is 22.4 Å². The molecule has 532 valence electrons. The number of pyridine rings is 2. The molecular formula is C70H87N15O14S. The molecule has 5 atom stereocenters. The second kappa shape index (κ2) is 37.1. The third-order valence-corrected chi connectivity index (χ3v) is 17.8. The predicted octanol–water partition coefficient (Wildman–Crippen LogP) is 2.37. The molecule has 7 amide bonds. The molecule has 1 aliphatic heterocycles. The number of likely N-dealkylation sites (tertiary alicyclic amines) is 1. The number of aliphatic carboxylic acids is 1. The lowest BCUT2D eigenvalue weighted by atomic mass is 9.97. The predicted molar refractivity (Wildman–Crippen MR) is 380 cm³/mol. The Hall–Kier alpha value is -10.3. The van der Waals surface area contributed by atoms with E-state index in [4.69, 9.17) is 25.9 Å². The zero-order valence-corrected chi connectivity index (χ0v) is 57.0. The highest BCUT2D eigenvalue weighted by atomic mass is 32.2. The van der Waals surface area contributed by atoms with Crippen LogP contribution in [0.5, 0.6) is 0 Å². The molecule has 3 aromatic heterocycles. The Morgan fingerprint density at radius 1 is 0.780 bits per heavy atom. The highest BCUT2D eigenvalue weighted by Crippen LogP contribution is 2.34. The fourth-order valence-electron chi connectivity index (χ4n) is 11.6. The van der Waals surface area contributed by atoms with Crippen LogP contribution < -0.4 is 54.6 Å². The number of carbonyl (C=O) groups excluding carboxylic acids is 7. The molecule has 14 N–H and O–H groups in total. The molecule has 0 spiro atoms. The number of imidazole rings is 1. The molecule has 0 aliphatic carbocycles. The first-order valence-corrected chi connectivity index (χ1v) is 34.0. The number of ether oxygens (including phenoxy) is 2. The van der Waals surface area contributed by atoms with E-state index in [0.29, 0.717) is 33.2 Å². The van der Waals surface area contributed by atoms with Crippen LogP contribution in [-0.2, 0) is 60.8 Å². The highest BCUT2D eigenvalue weighted by molar-refractivity contribution is 8.00. The molecule has 1 saturated heterocycles. The van der Waals surface area contributed by atoms with Gasteiger partial charge in [-0.3, -0.25) is 52.8 Å². The number of hydrogen-bond acceptors (Lipinski definition) is 17. The normalized spacial score (nSPS) is 14.1. The molecule has 0 radical (unpaired) electrons. The monoisotopic (exact) mass is 1390 g/mol. The number of benzene rings is 4. The minimum Gasteiger partial charge on any atom is -0.480 e. The fraction of sp³-hybridized carbons (Fsp3) is 0.400. The van der Waals surface area contributed by atoms with Gasteiger partial charge in [0.25, 0.3) is 5.56 Å². The topological polar surface area (TPSA) is 422 Å². The highest BCUT2D eigenvalue weighted by Gasteiger charge is 2.36. The van der Waals surface area contributed by atoms with Crippen LogP contribution >= 0.6 is 11.8 Å². The number of carbonyl (C=O) groups is 8. The van der Waals surface area contributed by atoms with Crippen molar-refractivity contribution in [2.75, 3.05) is 83.1 Å². The number of aromatic amines is 2. The van der Waals surface area contributed by atoms with Gasteiger partial charge < -0.3 is 77.9 Å². The average Bonchev–Trinajstić information content (AvgIpc) is 1.31. The standard InChI is InChI=1S/C70H87N15O14S/c1-42(2)61(66(93)80-55(38-86)67(94)83(4)58(68(95)96)34-44-12-7-5-8-13-44)82-64(91)54(16-11-26-75-69(71)72)79-65(92)56(76-43(3)87)40-100-41-60(89)73-28-31-98-32-33-99-39-59(88)77-48-21-22-53-57(35-48)85(70(97)81-53)49-24-29-84(30-25-49)37-45-17-19-47(20-18-45)62-50(46-14-9-6-10-15-46)36-51-52(78-62)23-27-74-63(51)90/h5-10,12-15,17-23,27,35-36,42,49,54-56,58,61,86H,11,16,24-26,28-34,37-41H2,1-4H3,(H,73,89)(H,74,90)(H,76,87)(H,77,88)(H,79,92)(H,80,93)(H,81,97)(H,82,91)(H,95,96)(H4,71,72,75)/t54-,55-,56-,58-,61-/m0/s1. The number of aliphatic hydroxyl groups is 1. The number of carboxylic acid groups (broad SMARTS) is 1. The molecule has 8 rings (SSSR count). The Bertz CT molecular complexity index is 4120. The molecule has 1 aliphatic rings. The van der Waals surface area contributed by atoms with Crippen molar-refractivity contribution >= 4 is 92.7 Å². The average molecular weight is 1390 g/mol. The van der Waals surface area contributed by atoms with Gasteiger partial charge in [0.1, 0.15) is 36.8 Å². The molecule has 0 saturated carbocycles. The van der Waals surface area contributed by atoms with Crippen molar-refractivity contribution in [3.63, 3.8) is 0 Å². The summed E-state index contributed by atoms with van der Waals surface area (Å²) in [6, 6.07) is 28.9. The van der Waals surface area contributed by atoms with E-state index >= 15 is 0 Å². The second-order valence-electron chi connectivity index (χ2n) is 24.5. The number of rotatable bonds is 36. The number of aliphatic imine (C=N–C) groups is 1. The number of anilines is 1. The van der Waals surface area contributed by atoms with Crippen molar-refractivity contribution in [3.8, 4) is 22.4 Å². The molecule has 100 heavy (non-hydrogen) atoms. The van der Waals surface area contributed by atoms with E-state index in [1.54, 1.807) is 79.2 Å². The van der Waals surface area contributed by atoms with Gasteiger partial charge in [0, 0.05) is 87.9 Å². The molecule has 4 heterocycles. The minimum atomic E-state index is -1.59. The number of likely N-dealkylation sites (N-methyl/N-ethyl adjacent to an activating group) is 1. The Morgan fingerprint density at radius 2 is 1.47 bits per heavy atom. The number of nitrogens with one attached hydrogen (secondary N) is 8. The zero-order chi connectivity index (χ0) is 71.8. The van der Waals surface area contributed by atoms with E-state index in [2.05, 4.69) is 76.0 Å². The van der Waals surface area contributed by atoms with Gasteiger partial charge in [-0.05, 0) is 78.6 Å². The number of hydrogen-bond donors (Lipinski definition) is 12. The van der Waals surface area contributed by atoms with Crippen LogP contribution in [0.2, 0.25) is 0 Å². The molecular weight excluding hydrogens is 1310 g/mol. The van der Waals surface area contributed by atoms with Crippen LogP contribution in [0, 0.1) is 5.92 Å². The van der Waals surface area contributed by atoms with Crippen LogP contribution in [0.1, 0.15) is 63.6 Å². The minimum absolute atomic E-state index is 0.0493. The first-order chi connectivity index (χ1) is 48.1. The number of nitrogens with zero attached hydrogens (tertiary/aromatic N) is 5. The number of nitrogens with two attached hydrogens (primary N) is 2. The van der Waals surface area contributed by atoms with E-state index in [1.165, 1.54) is 14.0 Å². The van der Waals surface area contributed by atoms with Crippen LogP contribution in [-0.4, -0.2) is 201 Å². The number of H-pyrrole nitrogens is 2. The summed E-state index contributed by atoms with van der Waals surface area (Å²) in [7, 11) is 1.24. The zero-order valence-electron chi connectivity index (χ0n) is 56.2. The van der Waals surface area contributed by atoms with Gasteiger partial charge >= 0.3 is 11.7 Å². The fourth-order valence-corrected chi connectivity index (χ4v) is 12.5. The van der Waals surface area contributed by atoms with Crippen LogP contribution in [0.4, 0.5) is 5.69 Å². The van der Waals surface area contributed by atoms with Crippen molar-refractivity contribution in [3.05, 3.63) is 153 Å². The second-order valence-corrected chi connectivity index (χ2v) is 25.6. The van der Waals surface area contributed by atoms with E-state index < -0.39 is 90.1 Å². The molecule has 4 aromatic carbocycles. The third kappa shape index (κ3) is 21.6. The number of carboxylic acids is 1. The van der Waals surface area contributed by atoms with E-state index in [-0.39, 0.29) is 93.5 Å². The maximum atomic E-state index is 14.0. The number of amides is 7. The molecule has 30 heteroatoms. The van der Waals surface area contributed by atoms with Gasteiger partial charge in [0.05, 0.1) is 59.8 Å². The Labute approximate surface area is 581 Å². The van der Waals surface area contributed by atoms with Crippen LogP contribution in [0.15, 0.2) is 136 Å². The van der Waals surface area contributed by atoms with Crippen LogP contribution in [0.25, 0.3) is 44.3 Å². The van der Waals surface area contributed by atoms with E-state index in [1.807, 2.05) is 36.4 Å². The first-order valence-electron chi connectivity index (χ1n) is 32.9. The van der Waals surface area contributed by atoms with Crippen molar-refractivity contribution in [1.29, 1.82) is 0 Å². The summed E-state index contributed by atoms with van der Waals surface area (Å²) in [5.41, 5.74) is 18.3. The van der Waals surface area contributed by atoms with Gasteiger partial charge in [-0.2, -0.15) is 0 Å². The summed E-state index contributed by atoms with van der Waals surface area (Å²) in [5, 5.41) is 36.5. The summed E-state index contributed by atoms with van der Waals surface area (Å²) < 4.78 is 12.9. The van der Waals surface area contributed by atoms with E-state index in [9.17, 15) is 58.2 Å². The number of aliphatic hydroxyl groups excluding tert-OH is 1. The maximum absolute atomic E-state index is 14.0. The number of piperidine rings is 1. The Kier molecular flexibility index (Phi) is 28.0. The molecule has 7 aromatic rings. The smallest absolute Gasteiger partial charge is 0.326 e. The number of fused-ring (bicyclic) bond motifs is 2. The third-order valence-electron chi connectivity index (χ3n) is 16.8. The van der Waals surface area contributed by atoms with Gasteiger partial charge in [-0.15, -0.1) is 11.8 Å². The Morgan fingerprint density at radius 3 is 2.15 bits per heavy atom. The number of aromatic nitrogens is 4. The summed E-state index contributed by atoms with van der Waals surface area (Å²) in [5.74, 6) is -7.16. The molecule has 1 fully saturated rings. The molecule has 0 bridgehead atoms. The summed E-state index contributed by atoms with van der Waals surface area (Å²) in [6.45, 7) is 5.93. The lowest BCUT2D eigenvalue weighted by Gasteiger charge is -2.32. The largest absolute Gasteiger partial charge is 0.480 e. The lowest BCUT2D eigenvalue weighted by Crippen LogP contribution is -2.60. The molecule has 29 nitrogen and oxygen atoms in total. The number of guanidine groups is 1. The van der Waals surface area contributed by atoms with Gasteiger partial charge in [0.15, 0.2) is 5.96 Å². The number of thioether (sulfide) groups is 1.